The van der Waals surface area contributed by atoms with Crippen molar-refractivity contribution in [1.82, 2.24) is 5.32 Å². The second-order valence-corrected chi connectivity index (χ2v) is 6.51. The fraction of sp³-hybridized carbons (Fsp3) is 0.684. The second kappa shape index (κ2) is 9.73. The molecule has 0 bridgehead atoms. The largest absolute Gasteiger partial charge is 0.494 e. The Labute approximate surface area is 135 Å². The first-order valence-electron chi connectivity index (χ1n) is 9.00. The molecule has 1 saturated heterocycles. The van der Waals surface area contributed by atoms with Gasteiger partial charge in [-0.05, 0) is 50.5 Å². The van der Waals surface area contributed by atoms with Crippen LogP contribution in [0.3, 0.4) is 0 Å². The van der Waals surface area contributed by atoms with Crippen molar-refractivity contribution >= 4 is 5.69 Å². The van der Waals surface area contributed by atoms with E-state index in [9.17, 15) is 0 Å². The minimum absolute atomic E-state index is 0.596. The Bertz CT molecular complexity index is 404. The molecule has 1 heterocycles. The van der Waals surface area contributed by atoms with Crippen molar-refractivity contribution in [3.05, 3.63) is 24.3 Å². The van der Waals surface area contributed by atoms with Gasteiger partial charge < -0.3 is 15.4 Å². The molecule has 1 aliphatic heterocycles. The normalized spacial score (nSPS) is 21.5. The van der Waals surface area contributed by atoms with Gasteiger partial charge in [-0.2, -0.15) is 0 Å². The minimum Gasteiger partial charge on any atom is -0.494 e. The molecule has 0 spiro atoms. The molecule has 1 aromatic rings. The monoisotopic (exact) mass is 304 g/mol. The molecule has 0 saturated carbocycles. The third-order valence-electron chi connectivity index (χ3n) is 4.38. The van der Waals surface area contributed by atoms with Gasteiger partial charge in [0.15, 0.2) is 0 Å². The minimum atomic E-state index is 0.596. The zero-order valence-corrected chi connectivity index (χ0v) is 14.2. The van der Waals surface area contributed by atoms with E-state index in [-0.39, 0.29) is 0 Å². The molecular weight excluding hydrogens is 272 g/mol. The summed E-state index contributed by atoms with van der Waals surface area (Å²) in [6.07, 6.45) is 8.92. The Morgan fingerprint density at radius 2 is 1.95 bits per heavy atom. The lowest BCUT2D eigenvalue weighted by Gasteiger charge is -2.29. The molecule has 124 valence electrons. The first-order valence-corrected chi connectivity index (χ1v) is 9.00. The lowest BCUT2D eigenvalue weighted by Crippen LogP contribution is -2.44. The van der Waals surface area contributed by atoms with Crippen LogP contribution in [-0.2, 0) is 0 Å². The van der Waals surface area contributed by atoms with Gasteiger partial charge in [0.1, 0.15) is 5.75 Å². The number of benzene rings is 1. The van der Waals surface area contributed by atoms with E-state index >= 15 is 0 Å². The Morgan fingerprint density at radius 3 is 2.68 bits per heavy atom. The maximum atomic E-state index is 5.78. The molecule has 2 atom stereocenters. The predicted molar refractivity (Wildman–Crippen MR) is 94.8 cm³/mol. The van der Waals surface area contributed by atoms with Crippen molar-refractivity contribution < 1.29 is 4.74 Å². The Morgan fingerprint density at radius 1 is 1.14 bits per heavy atom. The summed E-state index contributed by atoms with van der Waals surface area (Å²) >= 11 is 0. The number of rotatable bonds is 9. The number of nitrogens with one attached hydrogen (secondary N) is 2. The van der Waals surface area contributed by atoms with Crippen LogP contribution < -0.4 is 15.4 Å². The van der Waals surface area contributed by atoms with Crippen LogP contribution in [0.25, 0.3) is 0 Å². The van der Waals surface area contributed by atoms with Crippen LogP contribution in [0.15, 0.2) is 24.3 Å². The number of piperidine rings is 1. The highest BCUT2D eigenvalue weighted by Gasteiger charge is 2.16. The predicted octanol–water partition coefficient (Wildman–Crippen LogP) is 4.59. The number of ether oxygens (including phenoxy) is 1. The first-order chi connectivity index (χ1) is 10.8. The van der Waals surface area contributed by atoms with Crippen molar-refractivity contribution in [2.75, 3.05) is 18.5 Å². The van der Waals surface area contributed by atoms with Crippen LogP contribution in [0.2, 0.25) is 0 Å². The number of hydrogen-bond acceptors (Lipinski definition) is 3. The molecule has 0 amide bonds. The van der Waals surface area contributed by atoms with Crippen LogP contribution in [0.1, 0.15) is 58.8 Å². The average Bonchev–Trinajstić information content (AvgIpc) is 2.54. The number of unbranched alkanes of at least 4 members (excludes halogenated alkanes) is 3. The molecule has 0 aromatic heterocycles. The van der Waals surface area contributed by atoms with Crippen molar-refractivity contribution in [3.8, 4) is 5.75 Å². The molecule has 3 nitrogen and oxygen atoms in total. The fourth-order valence-corrected chi connectivity index (χ4v) is 3.03. The van der Waals surface area contributed by atoms with Crippen molar-refractivity contribution in [3.63, 3.8) is 0 Å². The number of hydrogen-bond donors (Lipinski definition) is 2. The smallest absolute Gasteiger partial charge is 0.119 e. The standard InChI is InChI=1S/C19H32N2O/c1-3-4-5-6-14-22-19-12-10-17(11-13-19)20-15-18-9-7-8-16(2)21-18/h10-13,16,18,20-21H,3-9,14-15H2,1-2H3. The van der Waals surface area contributed by atoms with Gasteiger partial charge >= 0.3 is 0 Å². The summed E-state index contributed by atoms with van der Waals surface area (Å²) in [5.74, 6) is 0.978. The van der Waals surface area contributed by atoms with Crippen molar-refractivity contribution in [2.24, 2.45) is 0 Å². The van der Waals surface area contributed by atoms with E-state index in [1.165, 1.54) is 44.2 Å². The van der Waals surface area contributed by atoms with Crippen LogP contribution in [-0.4, -0.2) is 25.2 Å². The van der Waals surface area contributed by atoms with E-state index in [0.717, 1.165) is 25.3 Å². The molecule has 2 rings (SSSR count). The summed E-state index contributed by atoms with van der Waals surface area (Å²) in [6, 6.07) is 9.63. The third-order valence-corrected chi connectivity index (χ3v) is 4.38. The van der Waals surface area contributed by atoms with Gasteiger partial charge in [-0.1, -0.05) is 32.6 Å². The molecule has 2 unspecified atom stereocenters. The van der Waals surface area contributed by atoms with E-state index in [1.807, 2.05) is 0 Å². The second-order valence-electron chi connectivity index (χ2n) is 6.51. The highest BCUT2D eigenvalue weighted by atomic mass is 16.5. The molecule has 22 heavy (non-hydrogen) atoms. The maximum Gasteiger partial charge on any atom is 0.119 e. The van der Waals surface area contributed by atoms with E-state index < -0.39 is 0 Å². The fourth-order valence-electron chi connectivity index (χ4n) is 3.03. The van der Waals surface area contributed by atoms with Gasteiger partial charge in [0.05, 0.1) is 6.61 Å². The quantitative estimate of drug-likeness (QED) is 0.655. The van der Waals surface area contributed by atoms with Crippen molar-refractivity contribution in [1.29, 1.82) is 0 Å². The van der Waals surface area contributed by atoms with Gasteiger partial charge in [0, 0.05) is 24.3 Å². The lowest BCUT2D eigenvalue weighted by atomic mass is 9.99. The SMILES string of the molecule is CCCCCCOc1ccc(NCC2CCCC(C)N2)cc1. The summed E-state index contributed by atoms with van der Waals surface area (Å²) in [5.41, 5.74) is 1.18. The van der Waals surface area contributed by atoms with Crippen LogP contribution in [0, 0.1) is 0 Å². The Balaban J connectivity index is 1.65. The highest BCUT2D eigenvalue weighted by molar-refractivity contribution is 5.46. The van der Waals surface area contributed by atoms with Gasteiger partial charge in [-0.25, -0.2) is 0 Å². The van der Waals surface area contributed by atoms with Gasteiger partial charge in [-0.15, -0.1) is 0 Å². The third kappa shape index (κ3) is 6.27. The average molecular weight is 304 g/mol. The Hall–Kier alpha value is -1.22. The van der Waals surface area contributed by atoms with Crippen molar-refractivity contribution in [2.45, 2.75) is 70.9 Å². The summed E-state index contributed by atoms with van der Waals surface area (Å²) in [5, 5.41) is 7.18. The topological polar surface area (TPSA) is 33.3 Å². The zero-order chi connectivity index (χ0) is 15.6. The van der Waals surface area contributed by atoms with E-state index in [0.29, 0.717) is 12.1 Å². The lowest BCUT2D eigenvalue weighted by molar-refractivity contribution is 0.305. The highest BCUT2D eigenvalue weighted by Crippen LogP contribution is 2.17. The summed E-state index contributed by atoms with van der Waals surface area (Å²) < 4.78 is 5.78. The van der Waals surface area contributed by atoms with Crippen LogP contribution in [0.5, 0.6) is 5.75 Å². The molecule has 0 radical (unpaired) electrons. The molecule has 1 aliphatic rings. The van der Waals surface area contributed by atoms with Crippen LogP contribution in [0.4, 0.5) is 5.69 Å². The summed E-state index contributed by atoms with van der Waals surface area (Å²) in [7, 11) is 0. The van der Waals surface area contributed by atoms with Crippen LogP contribution >= 0.6 is 0 Å². The summed E-state index contributed by atoms with van der Waals surface area (Å²) in [4.78, 5) is 0. The number of anilines is 1. The first kappa shape index (κ1) is 17.1. The maximum absolute atomic E-state index is 5.78. The van der Waals surface area contributed by atoms with E-state index in [4.69, 9.17) is 4.74 Å². The zero-order valence-electron chi connectivity index (χ0n) is 14.2. The summed E-state index contributed by atoms with van der Waals surface area (Å²) in [6.45, 7) is 6.34. The molecule has 2 N–H and O–H groups in total. The van der Waals surface area contributed by atoms with E-state index in [1.54, 1.807) is 0 Å². The molecule has 1 fully saturated rings. The molecule has 3 heteroatoms. The molecule has 0 aliphatic carbocycles. The van der Waals surface area contributed by atoms with Gasteiger partial charge in [0.2, 0.25) is 0 Å². The molecular formula is C19H32N2O. The molecule has 1 aromatic carbocycles. The van der Waals surface area contributed by atoms with Gasteiger partial charge in [-0.3, -0.25) is 0 Å². The Kier molecular flexibility index (Phi) is 7.58. The van der Waals surface area contributed by atoms with E-state index in [2.05, 4.69) is 48.7 Å². The van der Waals surface area contributed by atoms with Gasteiger partial charge in [0.25, 0.3) is 0 Å².